The monoisotopic (exact) mass is 241 g/mol. The predicted octanol–water partition coefficient (Wildman–Crippen LogP) is 0.280. The molecular weight excluding hydrogens is 231 g/mol. The third-order valence-corrected chi connectivity index (χ3v) is 2.18. The summed E-state index contributed by atoms with van der Waals surface area (Å²) < 4.78 is 4.91. The predicted molar refractivity (Wildman–Crippen MR) is 67.8 cm³/mol. The minimum absolute atomic E-state index is 0.199. The van der Waals surface area contributed by atoms with Gasteiger partial charge in [0.1, 0.15) is 0 Å². The van der Waals surface area contributed by atoms with Gasteiger partial charge < -0.3 is 9.44 Å². The summed E-state index contributed by atoms with van der Waals surface area (Å²) in [7, 11) is 0.999. The highest BCUT2D eigenvalue weighted by molar-refractivity contribution is 6.45. The smallest absolute Gasteiger partial charge is 0.326 e. The van der Waals surface area contributed by atoms with Gasteiger partial charge in [0, 0.05) is 0 Å². The van der Waals surface area contributed by atoms with Crippen molar-refractivity contribution in [2.45, 2.75) is 0 Å². The Bertz CT molecular complexity index is 552. The second-order valence-corrected chi connectivity index (χ2v) is 3.48. The molecule has 1 aromatic heterocycles. The van der Waals surface area contributed by atoms with Crippen LogP contribution in [0.2, 0.25) is 0 Å². The van der Waals surface area contributed by atoms with Crippen molar-refractivity contribution >= 4 is 25.1 Å². The number of carbonyl (C=O) groups excluding carboxylic acids is 1. The fourth-order valence-electron chi connectivity index (χ4n) is 1.35. The van der Waals surface area contributed by atoms with Crippen molar-refractivity contribution in [2.24, 2.45) is 5.10 Å². The number of rotatable bonds is 4. The molecule has 0 atom stereocenters. The topological polar surface area (TPSA) is 74.8 Å². The van der Waals surface area contributed by atoms with Gasteiger partial charge in [-0.2, -0.15) is 5.10 Å². The summed E-state index contributed by atoms with van der Waals surface area (Å²) in [4.78, 5) is 11.5. The average Bonchev–Trinajstić information content (AvgIpc) is 2.93. The summed E-state index contributed by atoms with van der Waals surface area (Å²) in [5.74, 6) is -0.217. The van der Waals surface area contributed by atoms with Crippen LogP contribution < -0.4 is 10.9 Å². The molecule has 89 valence electrons. The van der Waals surface area contributed by atoms with E-state index in [1.807, 2.05) is 0 Å². The lowest BCUT2D eigenvalue weighted by Gasteiger charge is -1.97. The van der Waals surface area contributed by atoms with Crippen LogP contribution in [0.15, 0.2) is 52.2 Å². The quantitative estimate of drug-likeness (QED) is 0.458. The van der Waals surface area contributed by atoms with E-state index in [-0.39, 0.29) is 5.76 Å². The van der Waals surface area contributed by atoms with Gasteiger partial charge in [-0.25, -0.2) is 5.43 Å². The Balaban J connectivity index is 1.97. The van der Waals surface area contributed by atoms with Crippen molar-refractivity contribution in [2.75, 3.05) is 0 Å². The third-order valence-electron chi connectivity index (χ3n) is 2.18. The Morgan fingerprint density at radius 1 is 1.39 bits per heavy atom. The van der Waals surface area contributed by atoms with Gasteiger partial charge in [0.25, 0.3) is 0 Å². The van der Waals surface area contributed by atoms with Crippen molar-refractivity contribution in [1.29, 1.82) is 0 Å². The highest BCUT2D eigenvalue weighted by Gasteiger charge is 2.05. The third kappa shape index (κ3) is 3.08. The standard InChI is InChI=1S/C12H10BN2O3/c16-12(11-5-2-6-18-11)15-14-8-9-3-1-4-10(7-9)13-17/h1-8,17H,(H,15,16)/b14-8+. The van der Waals surface area contributed by atoms with E-state index >= 15 is 0 Å². The molecular formula is C12H10BN2O3. The summed E-state index contributed by atoms with van der Waals surface area (Å²) in [6.07, 6.45) is 2.90. The maximum Gasteiger partial charge on any atom is 0.326 e. The molecule has 1 amide bonds. The molecule has 0 aliphatic carbocycles. The van der Waals surface area contributed by atoms with E-state index in [4.69, 9.17) is 9.44 Å². The Kier molecular flexibility index (Phi) is 3.93. The van der Waals surface area contributed by atoms with Crippen molar-refractivity contribution in [3.63, 3.8) is 0 Å². The second-order valence-electron chi connectivity index (χ2n) is 3.48. The molecule has 0 unspecified atom stereocenters. The molecule has 1 radical (unpaired) electrons. The number of nitrogens with one attached hydrogen (secondary N) is 1. The first-order valence-electron chi connectivity index (χ1n) is 5.24. The lowest BCUT2D eigenvalue weighted by Crippen LogP contribution is -2.17. The maximum absolute atomic E-state index is 11.5. The van der Waals surface area contributed by atoms with Gasteiger partial charge in [-0.1, -0.05) is 29.7 Å². The van der Waals surface area contributed by atoms with E-state index in [9.17, 15) is 4.79 Å². The number of nitrogens with zero attached hydrogens (tertiary/aromatic N) is 1. The van der Waals surface area contributed by atoms with Crippen molar-refractivity contribution in [1.82, 2.24) is 5.43 Å². The minimum Gasteiger partial charge on any atom is -0.459 e. The molecule has 1 heterocycles. The zero-order valence-corrected chi connectivity index (χ0v) is 9.41. The van der Waals surface area contributed by atoms with E-state index in [1.165, 1.54) is 12.5 Å². The number of carbonyl (C=O) groups is 1. The van der Waals surface area contributed by atoms with E-state index in [0.29, 0.717) is 5.46 Å². The molecule has 18 heavy (non-hydrogen) atoms. The number of benzene rings is 1. The zero-order valence-electron chi connectivity index (χ0n) is 9.41. The van der Waals surface area contributed by atoms with E-state index in [0.717, 1.165) is 13.0 Å². The van der Waals surface area contributed by atoms with Crippen molar-refractivity contribution < 1.29 is 14.2 Å². The number of hydrogen-bond acceptors (Lipinski definition) is 4. The second kappa shape index (κ2) is 5.83. The van der Waals surface area contributed by atoms with Gasteiger partial charge in [0.2, 0.25) is 0 Å². The van der Waals surface area contributed by atoms with Crippen LogP contribution in [-0.4, -0.2) is 24.6 Å². The molecule has 2 aromatic rings. The summed E-state index contributed by atoms with van der Waals surface area (Å²) in [6, 6.07) is 10.2. The summed E-state index contributed by atoms with van der Waals surface area (Å²) in [6.45, 7) is 0. The molecule has 0 spiro atoms. The fraction of sp³-hybridized carbons (Fsp3) is 0. The van der Waals surface area contributed by atoms with Crippen LogP contribution in [0, 0.1) is 0 Å². The average molecular weight is 241 g/mol. The first-order valence-corrected chi connectivity index (χ1v) is 5.24. The molecule has 6 heteroatoms. The van der Waals surface area contributed by atoms with E-state index in [1.54, 1.807) is 36.4 Å². The molecule has 0 saturated heterocycles. The van der Waals surface area contributed by atoms with Crippen molar-refractivity contribution in [3.8, 4) is 0 Å². The Morgan fingerprint density at radius 2 is 2.28 bits per heavy atom. The van der Waals surface area contributed by atoms with Crippen LogP contribution in [0.5, 0.6) is 0 Å². The first kappa shape index (κ1) is 12.1. The molecule has 2 N–H and O–H groups in total. The summed E-state index contributed by atoms with van der Waals surface area (Å²) in [5, 5.41) is 12.6. The van der Waals surface area contributed by atoms with Gasteiger partial charge >= 0.3 is 13.4 Å². The highest BCUT2D eigenvalue weighted by Crippen LogP contribution is 1.99. The molecule has 0 saturated carbocycles. The normalized spacial score (nSPS) is 10.5. The van der Waals surface area contributed by atoms with Gasteiger partial charge in [-0.05, 0) is 17.7 Å². The van der Waals surface area contributed by atoms with E-state index < -0.39 is 5.91 Å². The number of amides is 1. The molecule has 2 rings (SSSR count). The first-order chi connectivity index (χ1) is 8.79. The molecule has 0 aliphatic heterocycles. The Labute approximate surface area is 104 Å². The van der Waals surface area contributed by atoms with Crippen LogP contribution in [-0.2, 0) is 0 Å². The largest absolute Gasteiger partial charge is 0.459 e. The minimum atomic E-state index is -0.416. The van der Waals surface area contributed by atoms with E-state index in [2.05, 4.69) is 10.5 Å². The molecule has 0 aliphatic rings. The number of hydrogen-bond donors (Lipinski definition) is 2. The van der Waals surface area contributed by atoms with Crippen LogP contribution in [0.4, 0.5) is 0 Å². The van der Waals surface area contributed by atoms with Crippen molar-refractivity contribution in [3.05, 3.63) is 54.0 Å². The zero-order chi connectivity index (χ0) is 12.8. The summed E-state index contributed by atoms with van der Waals surface area (Å²) in [5.41, 5.74) is 3.76. The lowest BCUT2D eigenvalue weighted by atomic mass is 9.88. The van der Waals surface area contributed by atoms with Gasteiger partial charge in [-0.15, -0.1) is 0 Å². The molecule has 0 bridgehead atoms. The van der Waals surface area contributed by atoms with Crippen LogP contribution in [0.25, 0.3) is 0 Å². The SMILES string of the molecule is O=C(N/N=C/c1cccc([B]O)c1)c1ccco1. The number of furan rings is 1. The van der Waals surface area contributed by atoms with Gasteiger partial charge in [0.15, 0.2) is 5.76 Å². The Hall–Kier alpha value is -2.34. The van der Waals surface area contributed by atoms with Crippen LogP contribution in [0.1, 0.15) is 16.1 Å². The number of hydrazone groups is 1. The molecule has 5 nitrogen and oxygen atoms in total. The van der Waals surface area contributed by atoms with Crippen LogP contribution >= 0.6 is 0 Å². The Morgan fingerprint density at radius 3 is 3.00 bits per heavy atom. The maximum atomic E-state index is 11.5. The molecule has 0 fully saturated rings. The van der Waals surface area contributed by atoms with Gasteiger partial charge in [0.05, 0.1) is 12.5 Å². The van der Waals surface area contributed by atoms with Gasteiger partial charge in [-0.3, -0.25) is 4.79 Å². The fourth-order valence-corrected chi connectivity index (χ4v) is 1.35. The molecule has 1 aromatic carbocycles. The highest BCUT2D eigenvalue weighted by atomic mass is 16.3. The van der Waals surface area contributed by atoms with Crippen LogP contribution in [0.3, 0.4) is 0 Å². The lowest BCUT2D eigenvalue weighted by molar-refractivity contribution is 0.0927. The summed E-state index contributed by atoms with van der Waals surface area (Å²) >= 11 is 0.